The molecule has 5 heteroatoms. The molecule has 0 unspecified atom stereocenters. The summed E-state index contributed by atoms with van der Waals surface area (Å²) in [6.45, 7) is 0. The van der Waals surface area contributed by atoms with Crippen LogP contribution in [-0.4, -0.2) is 20.1 Å². The Kier molecular flexibility index (Phi) is 3.59. The topological polar surface area (TPSA) is 59.6 Å². The zero-order valence-corrected chi connectivity index (χ0v) is 8.80. The summed E-state index contributed by atoms with van der Waals surface area (Å²) in [6.07, 6.45) is 0. The summed E-state index contributed by atoms with van der Waals surface area (Å²) in [5, 5.41) is 3.42. The fourth-order valence-electron chi connectivity index (χ4n) is 0.921. The first-order valence-electron chi connectivity index (χ1n) is 4.00. The predicted molar refractivity (Wildman–Crippen MR) is 59.2 cm³/mol. The molecule has 0 saturated heterocycles. The van der Waals surface area contributed by atoms with Crippen molar-refractivity contribution < 1.29 is 4.74 Å². The third-order valence-corrected chi connectivity index (χ3v) is 2.01. The molecule has 0 aliphatic heterocycles. The molecule has 0 aliphatic rings. The first kappa shape index (κ1) is 10.7. The van der Waals surface area contributed by atoms with E-state index in [4.69, 9.17) is 22.1 Å². The number of hydrogen-bond acceptors (Lipinski definition) is 2. The molecule has 0 radical (unpaired) electrons. The van der Waals surface area contributed by atoms with Crippen molar-refractivity contribution in [2.75, 3.05) is 19.5 Å². The summed E-state index contributed by atoms with van der Waals surface area (Å²) in [5.41, 5.74) is 6.18. The fourth-order valence-corrected chi connectivity index (χ4v) is 1.09. The van der Waals surface area contributed by atoms with Gasteiger partial charge in [0.2, 0.25) is 0 Å². The Morgan fingerprint density at radius 2 is 2.29 bits per heavy atom. The van der Waals surface area contributed by atoms with Crippen LogP contribution in [0.2, 0.25) is 5.02 Å². The molecule has 0 aliphatic carbocycles. The van der Waals surface area contributed by atoms with Crippen LogP contribution < -0.4 is 15.8 Å². The van der Waals surface area contributed by atoms with Crippen LogP contribution in [0.4, 0.5) is 5.69 Å². The van der Waals surface area contributed by atoms with E-state index in [1.54, 1.807) is 32.4 Å². The first-order valence-corrected chi connectivity index (χ1v) is 4.38. The zero-order chi connectivity index (χ0) is 10.6. The van der Waals surface area contributed by atoms with Crippen molar-refractivity contribution >= 4 is 23.2 Å². The van der Waals surface area contributed by atoms with E-state index >= 15 is 0 Å². The number of benzene rings is 1. The van der Waals surface area contributed by atoms with Crippen molar-refractivity contribution in [1.29, 1.82) is 0 Å². The van der Waals surface area contributed by atoms with Gasteiger partial charge in [0.1, 0.15) is 5.75 Å². The Balaban J connectivity index is 2.95. The number of hydrogen-bond donors (Lipinski definition) is 2. The molecular weight excluding hydrogens is 202 g/mol. The van der Waals surface area contributed by atoms with Crippen LogP contribution in [-0.2, 0) is 0 Å². The number of aliphatic imine (C=N–C) groups is 1. The lowest BCUT2D eigenvalue weighted by Crippen LogP contribution is -2.22. The van der Waals surface area contributed by atoms with Crippen molar-refractivity contribution in [3.63, 3.8) is 0 Å². The number of guanidine groups is 1. The van der Waals surface area contributed by atoms with Gasteiger partial charge in [-0.15, -0.1) is 0 Å². The van der Waals surface area contributed by atoms with E-state index in [0.29, 0.717) is 22.4 Å². The van der Waals surface area contributed by atoms with Gasteiger partial charge in [-0.2, -0.15) is 0 Å². The largest absolute Gasteiger partial charge is 0.497 e. The van der Waals surface area contributed by atoms with Gasteiger partial charge >= 0.3 is 0 Å². The van der Waals surface area contributed by atoms with E-state index in [2.05, 4.69) is 10.3 Å². The van der Waals surface area contributed by atoms with Gasteiger partial charge in [0.05, 0.1) is 17.8 Å². The Labute approximate surface area is 87.7 Å². The second kappa shape index (κ2) is 4.72. The SMILES string of the molecule is CN=C(N)Nc1cc(OC)ccc1Cl. The van der Waals surface area contributed by atoms with Crippen LogP contribution in [0.3, 0.4) is 0 Å². The number of nitrogens with one attached hydrogen (secondary N) is 1. The summed E-state index contributed by atoms with van der Waals surface area (Å²) in [4.78, 5) is 3.76. The van der Waals surface area contributed by atoms with Gasteiger partial charge in [0.25, 0.3) is 0 Å². The highest BCUT2D eigenvalue weighted by molar-refractivity contribution is 6.33. The van der Waals surface area contributed by atoms with Gasteiger partial charge in [-0.3, -0.25) is 4.99 Å². The molecule has 0 bridgehead atoms. The molecule has 1 aromatic rings. The molecule has 0 amide bonds. The van der Waals surface area contributed by atoms with Gasteiger partial charge in [-0.25, -0.2) is 0 Å². The Morgan fingerprint density at radius 1 is 1.57 bits per heavy atom. The fraction of sp³-hybridized carbons (Fsp3) is 0.222. The lowest BCUT2D eigenvalue weighted by molar-refractivity contribution is 0.415. The van der Waals surface area contributed by atoms with Crippen molar-refractivity contribution in [2.24, 2.45) is 10.7 Å². The van der Waals surface area contributed by atoms with Gasteiger partial charge < -0.3 is 15.8 Å². The second-order valence-electron chi connectivity index (χ2n) is 2.58. The normalized spacial score (nSPS) is 11.2. The minimum Gasteiger partial charge on any atom is -0.497 e. The molecule has 4 nitrogen and oxygen atoms in total. The Hall–Kier alpha value is -1.42. The quantitative estimate of drug-likeness (QED) is 0.581. The van der Waals surface area contributed by atoms with E-state index in [0.717, 1.165) is 0 Å². The number of ether oxygens (including phenoxy) is 1. The molecule has 0 atom stereocenters. The smallest absolute Gasteiger partial charge is 0.192 e. The summed E-state index contributed by atoms with van der Waals surface area (Å²) in [5.74, 6) is 1.01. The highest BCUT2D eigenvalue weighted by Crippen LogP contribution is 2.26. The molecule has 14 heavy (non-hydrogen) atoms. The van der Waals surface area contributed by atoms with E-state index < -0.39 is 0 Å². The zero-order valence-electron chi connectivity index (χ0n) is 8.04. The van der Waals surface area contributed by atoms with Crippen molar-refractivity contribution in [3.8, 4) is 5.75 Å². The van der Waals surface area contributed by atoms with Crippen LogP contribution in [0.15, 0.2) is 23.2 Å². The minimum absolute atomic E-state index is 0.306. The highest BCUT2D eigenvalue weighted by atomic mass is 35.5. The van der Waals surface area contributed by atoms with E-state index in [1.807, 2.05) is 0 Å². The molecule has 3 N–H and O–H groups in total. The predicted octanol–water partition coefficient (Wildman–Crippen LogP) is 1.70. The standard InChI is InChI=1S/C9H12ClN3O/c1-12-9(11)13-8-5-6(14-2)3-4-7(8)10/h3-5H,1-2H3,(H3,11,12,13). The number of nitrogens with zero attached hydrogens (tertiary/aromatic N) is 1. The van der Waals surface area contributed by atoms with Gasteiger partial charge in [-0.05, 0) is 12.1 Å². The maximum absolute atomic E-state index is 5.93. The minimum atomic E-state index is 0.306. The van der Waals surface area contributed by atoms with Crippen LogP contribution in [0.1, 0.15) is 0 Å². The third-order valence-electron chi connectivity index (χ3n) is 1.68. The monoisotopic (exact) mass is 213 g/mol. The van der Waals surface area contributed by atoms with Crippen molar-refractivity contribution in [2.45, 2.75) is 0 Å². The molecule has 1 rings (SSSR count). The molecule has 0 heterocycles. The van der Waals surface area contributed by atoms with Crippen LogP contribution >= 0.6 is 11.6 Å². The molecule has 0 aromatic heterocycles. The van der Waals surface area contributed by atoms with E-state index in [-0.39, 0.29) is 0 Å². The number of methoxy groups -OCH3 is 1. The summed E-state index contributed by atoms with van der Waals surface area (Å²) in [6, 6.07) is 5.25. The summed E-state index contributed by atoms with van der Waals surface area (Å²) in [7, 11) is 3.18. The first-order chi connectivity index (χ1) is 6.67. The lowest BCUT2D eigenvalue weighted by Gasteiger charge is -2.08. The maximum atomic E-state index is 5.93. The second-order valence-corrected chi connectivity index (χ2v) is 2.99. The third kappa shape index (κ3) is 2.53. The van der Waals surface area contributed by atoms with Gasteiger partial charge in [0, 0.05) is 13.1 Å². The average molecular weight is 214 g/mol. The van der Waals surface area contributed by atoms with Gasteiger partial charge in [0.15, 0.2) is 5.96 Å². The summed E-state index contributed by atoms with van der Waals surface area (Å²) < 4.78 is 5.05. The maximum Gasteiger partial charge on any atom is 0.192 e. The number of anilines is 1. The van der Waals surface area contributed by atoms with Crippen molar-refractivity contribution in [3.05, 3.63) is 23.2 Å². The van der Waals surface area contributed by atoms with Crippen molar-refractivity contribution in [1.82, 2.24) is 0 Å². The Bertz CT molecular complexity index is 352. The molecule has 0 saturated carbocycles. The number of halogens is 1. The van der Waals surface area contributed by atoms with Crippen LogP contribution in [0.25, 0.3) is 0 Å². The molecule has 76 valence electrons. The Morgan fingerprint density at radius 3 is 2.86 bits per heavy atom. The van der Waals surface area contributed by atoms with Crippen LogP contribution in [0, 0.1) is 0 Å². The van der Waals surface area contributed by atoms with Crippen LogP contribution in [0.5, 0.6) is 5.75 Å². The molecule has 1 aromatic carbocycles. The number of rotatable bonds is 2. The van der Waals surface area contributed by atoms with Gasteiger partial charge in [-0.1, -0.05) is 11.6 Å². The lowest BCUT2D eigenvalue weighted by atomic mass is 10.3. The van der Waals surface area contributed by atoms with E-state index in [1.165, 1.54) is 0 Å². The highest BCUT2D eigenvalue weighted by Gasteiger charge is 2.02. The average Bonchev–Trinajstić information content (AvgIpc) is 2.21. The molecule has 0 fully saturated rings. The molecular formula is C9H12ClN3O. The summed E-state index contributed by atoms with van der Waals surface area (Å²) >= 11 is 5.93. The van der Waals surface area contributed by atoms with E-state index in [9.17, 15) is 0 Å². The molecule has 0 spiro atoms. The number of nitrogens with two attached hydrogens (primary N) is 1.